The maximum absolute atomic E-state index is 13.5. The van der Waals surface area contributed by atoms with E-state index < -0.39 is 17.6 Å². The molecule has 1 atom stereocenters. The van der Waals surface area contributed by atoms with E-state index in [-0.39, 0.29) is 24.7 Å². The van der Waals surface area contributed by atoms with E-state index in [1.54, 1.807) is 67.6 Å². The highest BCUT2D eigenvalue weighted by atomic mass is 16.5. The van der Waals surface area contributed by atoms with Crippen LogP contribution in [0, 0.1) is 0 Å². The predicted molar refractivity (Wildman–Crippen MR) is 119 cm³/mol. The van der Waals surface area contributed by atoms with E-state index in [1.165, 1.54) is 11.0 Å². The van der Waals surface area contributed by atoms with Crippen molar-refractivity contribution in [2.45, 2.75) is 12.6 Å². The van der Waals surface area contributed by atoms with Gasteiger partial charge in [0.1, 0.15) is 5.75 Å². The molecule has 2 aliphatic heterocycles. The number of rotatable bonds is 4. The minimum atomic E-state index is -1.89. The maximum Gasteiger partial charge on any atom is 0.338 e. The van der Waals surface area contributed by atoms with E-state index in [4.69, 9.17) is 9.47 Å². The number of amides is 2. The second-order valence-electron chi connectivity index (χ2n) is 7.68. The smallest absolute Gasteiger partial charge is 0.338 e. The molecule has 3 aromatic rings. The Morgan fingerprint density at radius 1 is 1.12 bits per heavy atom. The number of nitrogens with zero attached hydrogens (tertiary/aromatic N) is 1. The molecule has 0 aliphatic carbocycles. The van der Waals surface area contributed by atoms with Crippen LogP contribution in [-0.4, -0.2) is 36.1 Å². The fourth-order valence-electron chi connectivity index (χ4n) is 4.24. The lowest BCUT2D eigenvalue weighted by Crippen LogP contribution is -2.45. The normalized spacial score (nSPS) is 18.8. The van der Waals surface area contributed by atoms with Crippen LogP contribution in [0.4, 0.5) is 11.4 Å². The third-order valence-corrected chi connectivity index (χ3v) is 5.69. The minimum Gasteiger partial charge on any atom is -0.482 e. The van der Waals surface area contributed by atoms with Crippen molar-refractivity contribution in [3.05, 3.63) is 89.0 Å². The van der Waals surface area contributed by atoms with Gasteiger partial charge >= 0.3 is 5.97 Å². The Kier molecular flexibility index (Phi) is 4.87. The third kappa shape index (κ3) is 3.23. The Balaban J connectivity index is 1.68. The SMILES string of the molecule is CCOC(=O)c1cccc(N2C(=O)c3ccccc3C2(O)c2ccc3c(c2)NC(=O)CO3)c1. The summed E-state index contributed by atoms with van der Waals surface area (Å²) < 4.78 is 10.5. The second-order valence-corrected chi connectivity index (χ2v) is 7.68. The molecule has 2 amide bonds. The summed E-state index contributed by atoms with van der Waals surface area (Å²) in [7, 11) is 0. The van der Waals surface area contributed by atoms with E-state index in [0.29, 0.717) is 33.8 Å². The first-order valence-corrected chi connectivity index (χ1v) is 10.4. The van der Waals surface area contributed by atoms with Gasteiger partial charge in [0.25, 0.3) is 11.8 Å². The lowest BCUT2D eigenvalue weighted by molar-refractivity contribution is -0.118. The van der Waals surface area contributed by atoms with Crippen LogP contribution in [0.15, 0.2) is 66.7 Å². The number of benzene rings is 3. The Morgan fingerprint density at radius 2 is 1.94 bits per heavy atom. The van der Waals surface area contributed by atoms with Crippen LogP contribution >= 0.6 is 0 Å². The van der Waals surface area contributed by atoms with Crippen LogP contribution in [0.1, 0.15) is 38.8 Å². The molecule has 3 aromatic carbocycles. The molecule has 8 heteroatoms. The van der Waals surface area contributed by atoms with E-state index in [0.717, 1.165) is 0 Å². The lowest BCUT2D eigenvalue weighted by atomic mass is 9.92. The van der Waals surface area contributed by atoms with E-state index in [1.807, 2.05) is 0 Å². The number of hydrogen-bond donors (Lipinski definition) is 2. The number of carbonyl (C=O) groups is 3. The largest absolute Gasteiger partial charge is 0.482 e. The molecule has 2 N–H and O–H groups in total. The van der Waals surface area contributed by atoms with Crippen LogP contribution in [0.3, 0.4) is 0 Å². The van der Waals surface area contributed by atoms with Gasteiger partial charge in [0.15, 0.2) is 12.3 Å². The Bertz CT molecular complexity index is 1300. The van der Waals surface area contributed by atoms with Crippen molar-refractivity contribution in [2.75, 3.05) is 23.4 Å². The molecule has 33 heavy (non-hydrogen) atoms. The summed E-state index contributed by atoms with van der Waals surface area (Å²) in [5.74, 6) is -0.795. The van der Waals surface area contributed by atoms with Gasteiger partial charge in [-0.3, -0.25) is 14.5 Å². The van der Waals surface area contributed by atoms with Crippen LogP contribution < -0.4 is 15.0 Å². The summed E-state index contributed by atoms with van der Waals surface area (Å²) in [6.07, 6.45) is 0. The Hall–Kier alpha value is -4.17. The molecule has 0 spiro atoms. The topological polar surface area (TPSA) is 105 Å². The zero-order valence-electron chi connectivity index (χ0n) is 17.7. The van der Waals surface area contributed by atoms with Gasteiger partial charge in [-0.2, -0.15) is 0 Å². The molecular formula is C25H20N2O6. The fourth-order valence-corrected chi connectivity index (χ4v) is 4.24. The number of nitrogens with one attached hydrogen (secondary N) is 1. The first-order chi connectivity index (χ1) is 15.9. The van der Waals surface area contributed by atoms with Gasteiger partial charge in [-0.15, -0.1) is 0 Å². The van der Waals surface area contributed by atoms with Crippen LogP contribution in [0.25, 0.3) is 0 Å². The quantitative estimate of drug-likeness (QED) is 0.600. The number of carbonyl (C=O) groups excluding carboxylic acids is 3. The van der Waals surface area contributed by atoms with E-state index in [2.05, 4.69) is 5.32 Å². The third-order valence-electron chi connectivity index (χ3n) is 5.69. The Labute approximate surface area is 189 Å². The molecule has 0 aromatic heterocycles. The highest BCUT2D eigenvalue weighted by molar-refractivity contribution is 6.13. The zero-order chi connectivity index (χ0) is 23.2. The molecule has 0 saturated heterocycles. The van der Waals surface area contributed by atoms with Crippen LogP contribution in [0.2, 0.25) is 0 Å². The summed E-state index contributed by atoms with van der Waals surface area (Å²) in [6, 6.07) is 18.0. The van der Waals surface area contributed by atoms with Crippen molar-refractivity contribution in [1.82, 2.24) is 0 Å². The van der Waals surface area contributed by atoms with E-state index in [9.17, 15) is 19.5 Å². The first kappa shape index (κ1) is 20.7. The zero-order valence-corrected chi connectivity index (χ0v) is 17.7. The molecule has 1 unspecified atom stereocenters. The summed E-state index contributed by atoms with van der Waals surface area (Å²) in [6.45, 7) is 1.83. The van der Waals surface area contributed by atoms with Crippen molar-refractivity contribution in [3.8, 4) is 5.75 Å². The summed E-state index contributed by atoms with van der Waals surface area (Å²) in [5, 5.41) is 14.9. The predicted octanol–water partition coefficient (Wildman–Crippen LogP) is 3.05. The average molecular weight is 444 g/mol. The fraction of sp³-hybridized carbons (Fsp3) is 0.160. The first-order valence-electron chi connectivity index (χ1n) is 10.4. The van der Waals surface area contributed by atoms with Crippen molar-refractivity contribution in [1.29, 1.82) is 0 Å². The number of hydrogen-bond acceptors (Lipinski definition) is 6. The molecular weight excluding hydrogens is 424 g/mol. The molecule has 0 saturated carbocycles. The Morgan fingerprint density at radius 3 is 2.76 bits per heavy atom. The standard InChI is InChI=1S/C25H20N2O6/c1-2-32-24(30)15-6-5-7-17(12-15)27-23(29)18-8-3-4-9-19(18)25(27,31)16-10-11-21-20(13-16)26-22(28)14-33-21/h3-13,31H,2,14H2,1H3,(H,26,28). The number of ether oxygens (including phenoxy) is 2. The second kappa shape index (κ2) is 7.75. The highest BCUT2D eigenvalue weighted by Crippen LogP contribution is 2.46. The van der Waals surface area contributed by atoms with Gasteiger partial charge in [0.2, 0.25) is 0 Å². The summed E-state index contributed by atoms with van der Waals surface area (Å²) >= 11 is 0. The van der Waals surface area contributed by atoms with Gasteiger partial charge in [0, 0.05) is 22.4 Å². The number of anilines is 2. The molecule has 2 heterocycles. The van der Waals surface area contributed by atoms with Crippen molar-refractivity contribution >= 4 is 29.2 Å². The molecule has 8 nitrogen and oxygen atoms in total. The molecule has 2 aliphatic rings. The number of esters is 1. The van der Waals surface area contributed by atoms with Crippen LogP contribution in [-0.2, 0) is 15.3 Å². The minimum absolute atomic E-state index is 0.0925. The maximum atomic E-state index is 13.5. The number of fused-ring (bicyclic) bond motifs is 2. The van der Waals surface area contributed by atoms with Crippen molar-refractivity contribution in [3.63, 3.8) is 0 Å². The van der Waals surface area contributed by atoms with Gasteiger partial charge in [-0.25, -0.2) is 4.79 Å². The van der Waals surface area contributed by atoms with Gasteiger partial charge < -0.3 is 19.9 Å². The molecule has 0 radical (unpaired) electrons. The molecule has 166 valence electrons. The summed E-state index contributed by atoms with van der Waals surface area (Å²) in [4.78, 5) is 38.8. The van der Waals surface area contributed by atoms with Gasteiger partial charge in [-0.05, 0) is 49.4 Å². The van der Waals surface area contributed by atoms with Crippen molar-refractivity contribution < 1.29 is 29.0 Å². The van der Waals surface area contributed by atoms with Crippen LogP contribution in [0.5, 0.6) is 5.75 Å². The molecule has 0 fully saturated rings. The summed E-state index contributed by atoms with van der Waals surface area (Å²) in [5.41, 5.74) is 0.159. The molecule has 0 bridgehead atoms. The average Bonchev–Trinajstić information content (AvgIpc) is 3.06. The van der Waals surface area contributed by atoms with E-state index >= 15 is 0 Å². The van der Waals surface area contributed by atoms with Gasteiger partial charge in [0.05, 0.1) is 17.9 Å². The highest BCUT2D eigenvalue weighted by Gasteiger charge is 2.51. The lowest BCUT2D eigenvalue weighted by Gasteiger charge is -2.35. The van der Waals surface area contributed by atoms with Crippen molar-refractivity contribution in [2.24, 2.45) is 0 Å². The monoisotopic (exact) mass is 444 g/mol. The number of aliphatic hydroxyl groups is 1. The van der Waals surface area contributed by atoms with Gasteiger partial charge in [-0.1, -0.05) is 24.3 Å². The molecule has 5 rings (SSSR count).